The van der Waals surface area contributed by atoms with E-state index in [2.05, 4.69) is 44.5 Å². The fraction of sp³-hybridized carbons (Fsp3) is 0.357. The average Bonchev–Trinajstić information content (AvgIpc) is 3.61. The lowest BCUT2D eigenvalue weighted by Crippen LogP contribution is -2.50. The summed E-state index contributed by atoms with van der Waals surface area (Å²) >= 11 is 0. The van der Waals surface area contributed by atoms with Crippen LogP contribution in [0.2, 0.25) is 0 Å². The van der Waals surface area contributed by atoms with Crippen LogP contribution in [0.3, 0.4) is 0 Å². The summed E-state index contributed by atoms with van der Waals surface area (Å²) in [6, 6.07) is 16.8. The minimum Gasteiger partial charge on any atom is -0.372 e. The Balaban J connectivity index is 1.25. The number of carbonyl (C=O) groups is 1. The molecule has 3 aromatic rings. The maximum atomic E-state index is 14.0. The van der Waals surface area contributed by atoms with Crippen molar-refractivity contribution >= 4 is 23.1 Å². The van der Waals surface area contributed by atoms with Crippen LogP contribution >= 0.6 is 0 Å². The van der Waals surface area contributed by atoms with E-state index in [4.69, 9.17) is 0 Å². The fourth-order valence-electron chi connectivity index (χ4n) is 5.62. The van der Waals surface area contributed by atoms with Crippen molar-refractivity contribution in [2.75, 3.05) is 54.4 Å². The van der Waals surface area contributed by atoms with E-state index in [1.807, 2.05) is 22.6 Å². The van der Waals surface area contributed by atoms with Gasteiger partial charge in [0.2, 0.25) is 0 Å². The molecule has 0 aliphatic carbocycles. The number of nitrogens with zero attached hydrogens (tertiary/aromatic N) is 5. The highest BCUT2D eigenvalue weighted by atomic mass is 19.1. The van der Waals surface area contributed by atoms with Crippen molar-refractivity contribution in [1.82, 2.24) is 14.7 Å². The summed E-state index contributed by atoms with van der Waals surface area (Å²) in [5, 5.41) is 7.97. The Labute approximate surface area is 210 Å². The number of rotatable bonds is 4. The Kier molecular flexibility index (Phi) is 5.87. The molecule has 1 N–H and O–H groups in total. The lowest BCUT2D eigenvalue weighted by Gasteiger charge is -2.38. The molecular weight excluding hydrogens is 455 g/mol. The number of hydrogen-bond donors (Lipinski definition) is 1. The van der Waals surface area contributed by atoms with E-state index in [0.29, 0.717) is 26.2 Å². The molecule has 0 radical (unpaired) electrons. The molecule has 36 heavy (non-hydrogen) atoms. The molecule has 8 heteroatoms. The summed E-state index contributed by atoms with van der Waals surface area (Å²) in [5.74, 6) is 0.685. The topological polar surface area (TPSA) is 56.6 Å². The van der Waals surface area contributed by atoms with Crippen LogP contribution in [0.5, 0.6) is 0 Å². The summed E-state index contributed by atoms with van der Waals surface area (Å²) in [7, 11) is 0. The summed E-state index contributed by atoms with van der Waals surface area (Å²) in [5.41, 5.74) is 4.86. The maximum absolute atomic E-state index is 14.0. The zero-order valence-electron chi connectivity index (χ0n) is 20.5. The highest BCUT2D eigenvalue weighted by molar-refractivity contribution is 5.97. The molecule has 4 heterocycles. The molecular formula is C28H31FN6O. The van der Waals surface area contributed by atoms with Crippen molar-refractivity contribution in [3.05, 3.63) is 83.4 Å². The molecule has 2 fully saturated rings. The number of carbonyl (C=O) groups excluding carboxylic acids is 1. The number of piperazine rings is 1. The van der Waals surface area contributed by atoms with E-state index in [1.54, 1.807) is 18.3 Å². The molecule has 1 atom stereocenters. The minimum absolute atomic E-state index is 0.0357. The number of allylic oxidation sites excluding steroid dienone is 1. The Morgan fingerprint density at radius 1 is 0.861 bits per heavy atom. The van der Waals surface area contributed by atoms with E-state index in [9.17, 15) is 9.18 Å². The molecule has 1 unspecified atom stereocenters. The first-order valence-electron chi connectivity index (χ1n) is 12.7. The molecule has 3 aliphatic rings. The van der Waals surface area contributed by atoms with Gasteiger partial charge in [0, 0.05) is 62.4 Å². The third kappa shape index (κ3) is 4.10. The Bertz CT molecular complexity index is 1270. The normalized spacial score (nSPS) is 19.9. The van der Waals surface area contributed by atoms with Gasteiger partial charge in [0.25, 0.3) is 5.91 Å². The molecule has 0 spiro atoms. The van der Waals surface area contributed by atoms with E-state index >= 15 is 0 Å². The van der Waals surface area contributed by atoms with Gasteiger partial charge in [0.1, 0.15) is 17.7 Å². The molecule has 1 aromatic heterocycles. The van der Waals surface area contributed by atoms with Gasteiger partial charge in [-0.1, -0.05) is 12.1 Å². The maximum Gasteiger partial charge on any atom is 0.254 e. The van der Waals surface area contributed by atoms with Gasteiger partial charge >= 0.3 is 0 Å². The van der Waals surface area contributed by atoms with Gasteiger partial charge in [-0.05, 0) is 61.7 Å². The molecule has 186 valence electrons. The molecule has 3 aliphatic heterocycles. The fourth-order valence-corrected chi connectivity index (χ4v) is 5.62. The SMILES string of the molecule is CC1=C(C(=O)N2CCN(c3ccc(F)cc3)CC2)C(c2ccc(N3CCCC3)cc2)n2nccc2N1. The predicted molar refractivity (Wildman–Crippen MR) is 140 cm³/mol. The molecule has 2 saturated heterocycles. The van der Waals surface area contributed by atoms with Crippen molar-refractivity contribution in [3.8, 4) is 0 Å². The monoisotopic (exact) mass is 486 g/mol. The van der Waals surface area contributed by atoms with E-state index in [1.165, 1.54) is 30.7 Å². The van der Waals surface area contributed by atoms with E-state index in [-0.39, 0.29) is 17.8 Å². The Hall–Kier alpha value is -3.81. The lowest BCUT2D eigenvalue weighted by atomic mass is 9.94. The second-order valence-electron chi connectivity index (χ2n) is 9.77. The highest BCUT2D eigenvalue weighted by Crippen LogP contribution is 2.37. The number of halogens is 1. The molecule has 6 rings (SSSR count). The van der Waals surface area contributed by atoms with Crippen LogP contribution in [0.4, 0.5) is 21.6 Å². The van der Waals surface area contributed by atoms with E-state index < -0.39 is 0 Å². The van der Waals surface area contributed by atoms with Crippen molar-refractivity contribution in [2.24, 2.45) is 0 Å². The first-order valence-corrected chi connectivity index (χ1v) is 12.7. The first-order chi connectivity index (χ1) is 17.6. The van der Waals surface area contributed by atoms with Gasteiger partial charge in [0.15, 0.2) is 0 Å². The number of anilines is 3. The summed E-state index contributed by atoms with van der Waals surface area (Å²) in [6.45, 7) is 6.81. The van der Waals surface area contributed by atoms with Gasteiger partial charge in [-0.25, -0.2) is 9.07 Å². The largest absolute Gasteiger partial charge is 0.372 e. The van der Waals surface area contributed by atoms with Gasteiger partial charge in [-0.15, -0.1) is 0 Å². The summed E-state index contributed by atoms with van der Waals surface area (Å²) in [6.07, 6.45) is 4.25. The standard InChI is InChI=1S/C28H31FN6O/c1-20-26(28(36)34-18-16-33(17-19-34)24-10-6-22(29)7-11-24)27(35-25(31-20)12-13-30-35)21-4-8-23(9-5-21)32-14-2-3-15-32/h4-13,27,31H,2-3,14-19H2,1H3. The van der Waals surface area contributed by atoms with Crippen LogP contribution in [-0.4, -0.2) is 59.9 Å². The third-order valence-corrected chi connectivity index (χ3v) is 7.58. The number of benzene rings is 2. The quantitative estimate of drug-likeness (QED) is 0.597. The summed E-state index contributed by atoms with van der Waals surface area (Å²) < 4.78 is 15.2. The second-order valence-corrected chi connectivity index (χ2v) is 9.77. The number of aromatic nitrogens is 2. The smallest absolute Gasteiger partial charge is 0.254 e. The molecule has 0 saturated carbocycles. The van der Waals surface area contributed by atoms with Gasteiger partial charge < -0.3 is 20.0 Å². The van der Waals surface area contributed by atoms with Crippen molar-refractivity contribution in [3.63, 3.8) is 0 Å². The second kappa shape index (κ2) is 9.33. The number of fused-ring (bicyclic) bond motifs is 1. The molecule has 7 nitrogen and oxygen atoms in total. The number of amides is 1. The number of hydrogen-bond acceptors (Lipinski definition) is 5. The summed E-state index contributed by atoms with van der Waals surface area (Å²) in [4.78, 5) is 20.5. The molecule has 0 bridgehead atoms. The van der Waals surface area contributed by atoms with Crippen LogP contribution in [-0.2, 0) is 4.79 Å². The van der Waals surface area contributed by atoms with Crippen LogP contribution < -0.4 is 15.1 Å². The van der Waals surface area contributed by atoms with Crippen molar-refractivity contribution in [2.45, 2.75) is 25.8 Å². The molecule has 2 aromatic carbocycles. The highest BCUT2D eigenvalue weighted by Gasteiger charge is 2.36. The van der Waals surface area contributed by atoms with Crippen LogP contribution in [0.25, 0.3) is 0 Å². The lowest BCUT2D eigenvalue weighted by molar-refractivity contribution is -0.128. The molecule has 1 amide bonds. The van der Waals surface area contributed by atoms with Gasteiger partial charge in [0.05, 0.1) is 11.8 Å². The Morgan fingerprint density at radius 3 is 2.14 bits per heavy atom. The van der Waals surface area contributed by atoms with E-state index in [0.717, 1.165) is 41.4 Å². The van der Waals surface area contributed by atoms with Crippen molar-refractivity contribution < 1.29 is 9.18 Å². The number of nitrogens with one attached hydrogen (secondary N) is 1. The van der Waals surface area contributed by atoms with Crippen molar-refractivity contribution in [1.29, 1.82) is 0 Å². The first kappa shape index (κ1) is 22.6. The predicted octanol–water partition coefficient (Wildman–Crippen LogP) is 4.26. The van der Waals surface area contributed by atoms with Gasteiger partial charge in [-0.2, -0.15) is 5.10 Å². The minimum atomic E-state index is -0.286. The zero-order valence-corrected chi connectivity index (χ0v) is 20.5. The Morgan fingerprint density at radius 2 is 1.47 bits per heavy atom. The third-order valence-electron chi connectivity index (χ3n) is 7.58. The van der Waals surface area contributed by atoms with Crippen LogP contribution in [0.15, 0.2) is 72.1 Å². The van der Waals surface area contributed by atoms with Crippen LogP contribution in [0, 0.1) is 5.82 Å². The zero-order chi connectivity index (χ0) is 24.6. The van der Waals surface area contributed by atoms with Crippen LogP contribution in [0.1, 0.15) is 31.4 Å². The van der Waals surface area contributed by atoms with Gasteiger partial charge in [-0.3, -0.25) is 4.79 Å². The average molecular weight is 487 g/mol.